The number of hydrogen-bond donors (Lipinski definition) is 2. The van der Waals surface area contributed by atoms with E-state index in [1.807, 2.05) is 6.92 Å². The Kier molecular flexibility index (Phi) is 5.73. The Balaban J connectivity index is 0.00000196. The molecule has 0 amide bonds. The van der Waals surface area contributed by atoms with Crippen molar-refractivity contribution in [3.05, 3.63) is 15.6 Å². The Bertz CT molecular complexity index is 290. The maximum atomic E-state index is 5.47. The SMILES string of the molecule is Cc1nc(C(C)(C)NCCN)sc1C.Cl. The van der Waals surface area contributed by atoms with Gasteiger partial charge in [-0.3, -0.25) is 0 Å². The summed E-state index contributed by atoms with van der Waals surface area (Å²) in [4.78, 5) is 5.84. The monoisotopic (exact) mass is 249 g/mol. The van der Waals surface area contributed by atoms with E-state index in [1.165, 1.54) is 4.88 Å². The van der Waals surface area contributed by atoms with Gasteiger partial charge in [0, 0.05) is 18.0 Å². The maximum absolute atomic E-state index is 5.47. The fraction of sp³-hybridized carbons (Fsp3) is 0.700. The van der Waals surface area contributed by atoms with Crippen molar-refractivity contribution in [1.82, 2.24) is 10.3 Å². The van der Waals surface area contributed by atoms with Crippen molar-refractivity contribution in [2.45, 2.75) is 33.2 Å². The van der Waals surface area contributed by atoms with Gasteiger partial charge < -0.3 is 11.1 Å². The molecular weight excluding hydrogens is 230 g/mol. The summed E-state index contributed by atoms with van der Waals surface area (Å²) in [6.07, 6.45) is 0. The van der Waals surface area contributed by atoms with Crippen LogP contribution in [0, 0.1) is 13.8 Å². The van der Waals surface area contributed by atoms with Crippen LogP contribution in [0.4, 0.5) is 0 Å². The molecule has 0 spiro atoms. The number of aromatic nitrogens is 1. The minimum absolute atomic E-state index is 0. The average molecular weight is 250 g/mol. The summed E-state index contributed by atoms with van der Waals surface area (Å²) < 4.78 is 0. The first kappa shape index (κ1) is 14.8. The first-order valence-corrected chi connectivity index (χ1v) is 5.68. The molecule has 0 bridgehead atoms. The Morgan fingerprint density at radius 1 is 1.40 bits per heavy atom. The minimum Gasteiger partial charge on any atom is -0.329 e. The van der Waals surface area contributed by atoms with E-state index >= 15 is 0 Å². The molecule has 0 fully saturated rings. The zero-order chi connectivity index (χ0) is 10.8. The van der Waals surface area contributed by atoms with E-state index in [1.54, 1.807) is 11.3 Å². The lowest BCUT2D eigenvalue weighted by Gasteiger charge is -2.23. The van der Waals surface area contributed by atoms with Gasteiger partial charge in [-0.1, -0.05) is 0 Å². The average Bonchev–Trinajstić information content (AvgIpc) is 2.45. The number of halogens is 1. The van der Waals surface area contributed by atoms with Crippen molar-refractivity contribution in [2.75, 3.05) is 13.1 Å². The van der Waals surface area contributed by atoms with Gasteiger partial charge >= 0.3 is 0 Å². The molecule has 0 saturated carbocycles. The van der Waals surface area contributed by atoms with Crippen LogP contribution in [0.5, 0.6) is 0 Å². The molecular formula is C10H20ClN3S. The van der Waals surface area contributed by atoms with Crippen molar-refractivity contribution in [2.24, 2.45) is 5.73 Å². The molecule has 0 aromatic carbocycles. The molecule has 3 nitrogen and oxygen atoms in total. The lowest BCUT2D eigenvalue weighted by Crippen LogP contribution is -2.39. The maximum Gasteiger partial charge on any atom is 0.113 e. The summed E-state index contributed by atoms with van der Waals surface area (Å²) in [5, 5.41) is 4.53. The second-order valence-corrected chi connectivity index (χ2v) is 5.20. The highest BCUT2D eigenvalue weighted by Gasteiger charge is 2.23. The summed E-state index contributed by atoms with van der Waals surface area (Å²) in [6, 6.07) is 0. The molecule has 0 aliphatic carbocycles. The molecule has 0 unspecified atom stereocenters. The molecule has 1 heterocycles. The first-order chi connectivity index (χ1) is 6.47. The lowest BCUT2D eigenvalue weighted by molar-refractivity contribution is 0.407. The van der Waals surface area contributed by atoms with Crippen LogP contribution in [0.25, 0.3) is 0 Å². The highest BCUT2D eigenvalue weighted by molar-refractivity contribution is 7.11. The van der Waals surface area contributed by atoms with Crippen molar-refractivity contribution in [3.63, 3.8) is 0 Å². The molecule has 1 aromatic rings. The van der Waals surface area contributed by atoms with E-state index in [4.69, 9.17) is 5.73 Å². The zero-order valence-electron chi connectivity index (χ0n) is 9.76. The van der Waals surface area contributed by atoms with Gasteiger partial charge in [0.15, 0.2) is 0 Å². The van der Waals surface area contributed by atoms with Crippen LogP contribution < -0.4 is 11.1 Å². The van der Waals surface area contributed by atoms with Crippen molar-refractivity contribution < 1.29 is 0 Å². The van der Waals surface area contributed by atoms with Crippen LogP contribution in [-0.4, -0.2) is 18.1 Å². The third kappa shape index (κ3) is 3.72. The van der Waals surface area contributed by atoms with Crippen LogP contribution in [-0.2, 0) is 5.54 Å². The molecule has 88 valence electrons. The van der Waals surface area contributed by atoms with Crippen LogP contribution in [0.15, 0.2) is 0 Å². The van der Waals surface area contributed by atoms with E-state index in [2.05, 4.69) is 31.1 Å². The van der Waals surface area contributed by atoms with E-state index in [0.717, 1.165) is 17.2 Å². The summed E-state index contributed by atoms with van der Waals surface area (Å²) in [6.45, 7) is 9.92. The molecule has 3 N–H and O–H groups in total. The molecule has 0 aliphatic rings. The summed E-state index contributed by atoms with van der Waals surface area (Å²) in [5.74, 6) is 0. The fourth-order valence-corrected chi connectivity index (χ4v) is 2.19. The highest BCUT2D eigenvalue weighted by atomic mass is 35.5. The highest BCUT2D eigenvalue weighted by Crippen LogP contribution is 2.26. The van der Waals surface area contributed by atoms with Crippen molar-refractivity contribution in [3.8, 4) is 0 Å². The normalized spacial score (nSPS) is 11.3. The number of thiazole rings is 1. The quantitative estimate of drug-likeness (QED) is 0.858. The molecule has 5 heteroatoms. The summed E-state index contributed by atoms with van der Waals surface area (Å²) in [7, 11) is 0. The fourth-order valence-electron chi connectivity index (χ4n) is 1.20. The Hall–Kier alpha value is -0.160. The van der Waals surface area contributed by atoms with Gasteiger partial charge in [0.25, 0.3) is 0 Å². The second kappa shape index (κ2) is 5.80. The number of aryl methyl sites for hydroxylation is 2. The number of nitrogens with two attached hydrogens (primary N) is 1. The van der Waals surface area contributed by atoms with E-state index in [9.17, 15) is 0 Å². The third-order valence-corrected chi connectivity index (χ3v) is 3.67. The molecule has 1 aromatic heterocycles. The van der Waals surface area contributed by atoms with Gasteiger partial charge in [-0.2, -0.15) is 0 Å². The Morgan fingerprint density at radius 2 is 2.00 bits per heavy atom. The van der Waals surface area contributed by atoms with Gasteiger partial charge in [-0.25, -0.2) is 4.98 Å². The Morgan fingerprint density at radius 3 is 2.40 bits per heavy atom. The standard InChI is InChI=1S/C10H19N3S.ClH/c1-7-8(2)14-9(13-7)10(3,4)12-6-5-11;/h12H,5-6,11H2,1-4H3;1H. The summed E-state index contributed by atoms with van der Waals surface area (Å²) >= 11 is 1.76. The molecule has 15 heavy (non-hydrogen) atoms. The van der Waals surface area contributed by atoms with Gasteiger partial charge in [0.05, 0.1) is 11.2 Å². The molecule has 0 radical (unpaired) electrons. The first-order valence-electron chi connectivity index (χ1n) is 4.87. The van der Waals surface area contributed by atoms with Crippen LogP contribution in [0.3, 0.4) is 0 Å². The van der Waals surface area contributed by atoms with E-state index in [0.29, 0.717) is 6.54 Å². The lowest BCUT2D eigenvalue weighted by atomic mass is 10.1. The number of nitrogens with zero attached hydrogens (tertiary/aromatic N) is 1. The molecule has 0 atom stereocenters. The topological polar surface area (TPSA) is 50.9 Å². The number of nitrogens with one attached hydrogen (secondary N) is 1. The Labute approximate surface area is 102 Å². The van der Waals surface area contributed by atoms with Crippen molar-refractivity contribution >= 4 is 23.7 Å². The van der Waals surface area contributed by atoms with Crippen LogP contribution in [0.1, 0.15) is 29.4 Å². The molecule has 0 aliphatic heterocycles. The van der Waals surface area contributed by atoms with E-state index in [-0.39, 0.29) is 17.9 Å². The van der Waals surface area contributed by atoms with Gasteiger partial charge in [-0.05, 0) is 27.7 Å². The largest absolute Gasteiger partial charge is 0.329 e. The molecule has 0 saturated heterocycles. The minimum atomic E-state index is -0.0664. The van der Waals surface area contributed by atoms with Gasteiger partial charge in [-0.15, -0.1) is 23.7 Å². The predicted molar refractivity (Wildman–Crippen MR) is 68.9 cm³/mol. The second-order valence-electron chi connectivity index (χ2n) is 4.00. The van der Waals surface area contributed by atoms with Crippen molar-refractivity contribution in [1.29, 1.82) is 0 Å². The smallest absolute Gasteiger partial charge is 0.113 e. The number of rotatable bonds is 4. The predicted octanol–water partition coefficient (Wildman–Crippen LogP) is 1.97. The summed E-state index contributed by atoms with van der Waals surface area (Å²) in [5.41, 5.74) is 6.54. The van der Waals surface area contributed by atoms with Gasteiger partial charge in [0.2, 0.25) is 0 Å². The molecule has 1 rings (SSSR count). The van der Waals surface area contributed by atoms with Crippen LogP contribution >= 0.6 is 23.7 Å². The van der Waals surface area contributed by atoms with Crippen LogP contribution in [0.2, 0.25) is 0 Å². The van der Waals surface area contributed by atoms with E-state index < -0.39 is 0 Å². The number of hydrogen-bond acceptors (Lipinski definition) is 4. The third-order valence-electron chi connectivity index (χ3n) is 2.27. The van der Waals surface area contributed by atoms with Gasteiger partial charge in [0.1, 0.15) is 5.01 Å². The zero-order valence-corrected chi connectivity index (χ0v) is 11.4.